The Morgan fingerprint density at radius 1 is 1.24 bits per heavy atom. The maximum absolute atomic E-state index is 12.8. The van der Waals surface area contributed by atoms with Crippen LogP contribution in [0, 0.1) is 6.07 Å². The average Bonchev–Trinajstić information content (AvgIpc) is 2.84. The summed E-state index contributed by atoms with van der Waals surface area (Å²) in [5.41, 5.74) is 1.18. The minimum Gasteiger partial charge on any atom is -0.296 e. The molecule has 5 heteroatoms. The number of fused-ring (bicyclic) bond motifs is 1. The first kappa shape index (κ1) is 13.7. The molecule has 0 atom stereocenters. The zero-order chi connectivity index (χ0) is 15.0. The SMILES string of the molecule is CCc1nc2cc(C(F)(F)F)ccc2n1-c1c[c]ccc1. The summed E-state index contributed by atoms with van der Waals surface area (Å²) >= 11 is 0. The Balaban J connectivity index is 2.25. The van der Waals surface area contributed by atoms with Gasteiger partial charge in [-0.25, -0.2) is 4.98 Å². The molecule has 1 heterocycles. The van der Waals surface area contributed by atoms with Gasteiger partial charge in [-0.1, -0.05) is 19.1 Å². The maximum Gasteiger partial charge on any atom is 0.416 e. The molecular weight excluding hydrogens is 277 g/mol. The van der Waals surface area contributed by atoms with Crippen LogP contribution in [0.1, 0.15) is 18.3 Å². The highest BCUT2D eigenvalue weighted by molar-refractivity contribution is 5.79. The molecule has 0 amide bonds. The predicted molar refractivity (Wildman–Crippen MR) is 74.3 cm³/mol. The third-order valence-corrected chi connectivity index (χ3v) is 3.32. The van der Waals surface area contributed by atoms with E-state index >= 15 is 0 Å². The third kappa shape index (κ3) is 2.39. The average molecular weight is 289 g/mol. The minimum absolute atomic E-state index is 0.352. The first-order valence-electron chi connectivity index (χ1n) is 6.56. The van der Waals surface area contributed by atoms with Gasteiger partial charge in [0.05, 0.1) is 16.6 Å². The van der Waals surface area contributed by atoms with Crippen molar-refractivity contribution in [3.05, 3.63) is 59.9 Å². The van der Waals surface area contributed by atoms with Gasteiger partial charge in [-0.3, -0.25) is 4.57 Å². The van der Waals surface area contributed by atoms with Gasteiger partial charge in [-0.2, -0.15) is 13.2 Å². The van der Waals surface area contributed by atoms with Gasteiger partial charge in [0.1, 0.15) is 5.82 Å². The molecule has 2 nitrogen and oxygen atoms in total. The number of aryl methyl sites for hydroxylation is 1. The molecule has 0 spiro atoms. The van der Waals surface area contributed by atoms with Crippen molar-refractivity contribution in [2.75, 3.05) is 0 Å². The molecule has 0 N–H and O–H groups in total. The highest BCUT2D eigenvalue weighted by atomic mass is 19.4. The molecule has 0 saturated heterocycles. The highest BCUT2D eigenvalue weighted by Gasteiger charge is 2.31. The van der Waals surface area contributed by atoms with E-state index in [1.807, 2.05) is 23.6 Å². The summed E-state index contributed by atoms with van der Waals surface area (Å²) in [4.78, 5) is 4.33. The van der Waals surface area contributed by atoms with E-state index in [9.17, 15) is 13.2 Å². The number of nitrogens with zero attached hydrogens (tertiary/aromatic N) is 2. The van der Waals surface area contributed by atoms with Crippen molar-refractivity contribution < 1.29 is 13.2 Å². The normalized spacial score (nSPS) is 12.0. The van der Waals surface area contributed by atoms with E-state index in [1.165, 1.54) is 6.07 Å². The summed E-state index contributed by atoms with van der Waals surface area (Å²) in [6.07, 6.45) is -3.73. The van der Waals surface area contributed by atoms with Crippen molar-refractivity contribution in [2.45, 2.75) is 19.5 Å². The summed E-state index contributed by atoms with van der Waals surface area (Å²) in [6.45, 7) is 1.93. The van der Waals surface area contributed by atoms with Crippen molar-refractivity contribution in [1.82, 2.24) is 9.55 Å². The lowest BCUT2D eigenvalue weighted by atomic mass is 10.2. The van der Waals surface area contributed by atoms with Gasteiger partial charge in [0, 0.05) is 12.1 Å². The summed E-state index contributed by atoms with van der Waals surface area (Å²) < 4.78 is 40.2. The van der Waals surface area contributed by atoms with E-state index in [0.717, 1.165) is 23.6 Å². The molecule has 3 rings (SSSR count). The van der Waals surface area contributed by atoms with Crippen molar-refractivity contribution in [1.29, 1.82) is 0 Å². The fourth-order valence-electron chi connectivity index (χ4n) is 2.35. The number of rotatable bonds is 2. The molecule has 3 aromatic rings. The molecule has 0 aliphatic carbocycles. The topological polar surface area (TPSA) is 17.8 Å². The van der Waals surface area contributed by atoms with Crippen LogP contribution in [0.3, 0.4) is 0 Å². The summed E-state index contributed by atoms with van der Waals surface area (Å²) in [7, 11) is 0. The zero-order valence-corrected chi connectivity index (χ0v) is 11.3. The van der Waals surface area contributed by atoms with Crippen molar-refractivity contribution in [3.8, 4) is 5.69 Å². The Morgan fingerprint density at radius 2 is 2.05 bits per heavy atom. The first-order valence-corrected chi connectivity index (χ1v) is 6.56. The van der Waals surface area contributed by atoms with Crippen LogP contribution in [0.2, 0.25) is 0 Å². The predicted octanol–water partition coefficient (Wildman–Crippen LogP) is 4.41. The number of aromatic nitrogens is 2. The molecule has 1 radical (unpaired) electrons. The van der Waals surface area contributed by atoms with Gasteiger partial charge in [0.2, 0.25) is 0 Å². The van der Waals surface area contributed by atoms with Crippen molar-refractivity contribution in [3.63, 3.8) is 0 Å². The quantitative estimate of drug-likeness (QED) is 0.683. The van der Waals surface area contributed by atoms with Crippen LogP contribution in [0.4, 0.5) is 13.2 Å². The fourth-order valence-corrected chi connectivity index (χ4v) is 2.35. The second-order valence-electron chi connectivity index (χ2n) is 4.68. The third-order valence-electron chi connectivity index (χ3n) is 3.32. The molecule has 0 fully saturated rings. The lowest BCUT2D eigenvalue weighted by Gasteiger charge is -2.09. The monoisotopic (exact) mass is 289 g/mol. The molecule has 0 unspecified atom stereocenters. The number of imidazole rings is 1. The lowest BCUT2D eigenvalue weighted by molar-refractivity contribution is -0.137. The van der Waals surface area contributed by atoms with Crippen LogP contribution in [0.15, 0.2) is 42.5 Å². The van der Waals surface area contributed by atoms with Gasteiger partial charge >= 0.3 is 6.18 Å². The number of halogens is 3. The van der Waals surface area contributed by atoms with Crippen LogP contribution in [0.5, 0.6) is 0 Å². The smallest absolute Gasteiger partial charge is 0.296 e. The summed E-state index contributed by atoms with van der Waals surface area (Å²) in [5.74, 6) is 0.726. The van der Waals surface area contributed by atoms with Crippen LogP contribution >= 0.6 is 0 Å². The van der Waals surface area contributed by atoms with Gasteiger partial charge in [0.25, 0.3) is 0 Å². The van der Waals surface area contributed by atoms with E-state index in [-0.39, 0.29) is 0 Å². The maximum atomic E-state index is 12.8. The molecule has 107 valence electrons. The zero-order valence-electron chi connectivity index (χ0n) is 11.3. The Kier molecular flexibility index (Phi) is 3.20. The number of benzene rings is 2. The van der Waals surface area contributed by atoms with Crippen LogP contribution < -0.4 is 0 Å². The Bertz CT molecular complexity index is 773. The second kappa shape index (κ2) is 4.91. The second-order valence-corrected chi connectivity index (χ2v) is 4.68. The van der Waals surface area contributed by atoms with E-state index in [4.69, 9.17) is 0 Å². The lowest BCUT2D eigenvalue weighted by Crippen LogP contribution is -2.04. The van der Waals surface area contributed by atoms with Gasteiger partial charge in [-0.05, 0) is 36.4 Å². The minimum atomic E-state index is -4.36. The molecule has 0 aliphatic rings. The number of hydrogen-bond acceptors (Lipinski definition) is 1. The molecule has 0 saturated carbocycles. The molecule has 0 aliphatic heterocycles. The summed E-state index contributed by atoms with van der Waals surface area (Å²) in [5, 5.41) is 0. The van der Waals surface area contributed by atoms with Crippen LogP contribution in [-0.2, 0) is 12.6 Å². The van der Waals surface area contributed by atoms with E-state index in [2.05, 4.69) is 11.1 Å². The van der Waals surface area contributed by atoms with Crippen molar-refractivity contribution >= 4 is 11.0 Å². The Morgan fingerprint density at radius 3 is 2.67 bits per heavy atom. The molecular formula is C16H12F3N2. The number of alkyl halides is 3. The van der Waals surface area contributed by atoms with E-state index in [1.54, 1.807) is 12.1 Å². The van der Waals surface area contributed by atoms with Crippen LogP contribution in [-0.4, -0.2) is 9.55 Å². The molecule has 1 aromatic heterocycles. The van der Waals surface area contributed by atoms with Gasteiger partial charge in [0.15, 0.2) is 0 Å². The van der Waals surface area contributed by atoms with Gasteiger partial charge < -0.3 is 0 Å². The Labute approximate surface area is 119 Å². The standard InChI is InChI=1S/C16H12F3N2/c1-2-15-20-13-10-11(16(17,18)19)8-9-14(13)21(15)12-6-4-3-5-7-12/h3-4,6-10H,2H2,1H3. The van der Waals surface area contributed by atoms with Gasteiger partial charge in [-0.15, -0.1) is 0 Å². The largest absolute Gasteiger partial charge is 0.416 e. The molecule has 0 bridgehead atoms. The first-order chi connectivity index (χ1) is 10.0. The van der Waals surface area contributed by atoms with Crippen LogP contribution in [0.25, 0.3) is 16.7 Å². The molecule has 21 heavy (non-hydrogen) atoms. The number of hydrogen-bond donors (Lipinski definition) is 0. The van der Waals surface area contributed by atoms with E-state index in [0.29, 0.717) is 17.5 Å². The summed E-state index contributed by atoms with van der Waals surface area (Å²) in [6, 6.07) is 13.9. The highest BCUT2D eigenvalue weighted by Crippen LogP contribution is 2.32. The van der Waals surface area contributed by atoms with Crippen molar-refractivity contribution in [2.24, 2.45) is 0 Å². The Hall–Kier alpha value is -2.30. The fraction of sp³-hybridized carbons (Fsp3) is 0.188. The molecule has 2 aromatic carbocycles. The van der Waals surface area contributed by atoms with E-state index < -0.39 is 11.7 Å².